The average molecular weight is 499 g/mol. The van der Waals surface area contributed by atoms with Crippen LogP contribution in [0.4, 0.5) is 0 Å². The third-order valence-electron chi connectivity index (χ3n) is 5.89. The lowest BCUT2D eigenvalue weighted by atomic mass is 10.1. The summed E-state index contributed by atoms with van der Waals surface area (Å²) >= 11 is 1.49. The van der Waals surface area contributed by atoms with Gasteiger partial charge in [-0.15, -0.1) is 11.3 Å². The maximum absolute atomic E-state index is 12.6. The molecule has 3 aromatic rings. The predicted octanol–water partition coefficient (Wildman–Crippen LogP) is 2.90. The van der Waals surface area contributed by atoms with Crippen molar-refractivity contribution in [1.82, 2.24) is 19.8 Å². The van der Waals surface area contributed by atoms with Crippen LogP contribution in [0.3, 0.4) is 0 Å². The number of thiophene rings is 1. The van der Waals surface area contributed by atoms with Gasteiger partial charge >= 0.3 is 0 Å². The zero-order valence-corrected chi connectivity index (χ0v) is 20.9. The summed E-state index contributed by atoms with van der Waals surface area (Å²) in [5.74, 6) is -0.236. The number of nitrogens with one attached hydrogen (secondary N) is 2. The standard InChI is InChI=1S/C25H30N4O3S2/c1-28-11-13-29(14-12-28)19-21-5-2-4-20(16-21)17-26-25(30)22-7-9-24(10-8-22)34(31,32)27-18-23-6-3-15-33-23/h2-10,15-16,27H,11-14,17-19H2,1H3,(H,26,30). The average Bonchev–Trinajstić information content (AvgIpc) is 3.37. The minimum absolute atomic E-state index is 0.136. The van der Waals surface area contributed by atoms with Gasteiger partial charge in [0.05, 0.1) is 4.90 Å². The Morgan fingerprint density at radius 3 is 2.38 bits per heavy atom. The zero-order valence-electron chi connectivity index (χ0n) is 19.2. The molecule has 7 nitrogen and oxygen atoms in total. The molecule has 2 N–H and O–H groups in total. The third kappa shape index (κ3) is 6.74. The van der Waals surface area contributed by atoms with Crippen molar-refractivity contribution in [1.29, 1.82) is 0 Å². The molecule has 0 aliphatic carbocycles. The van der Waals surface area contributed by atoms with Crippen LogP contribution in [-0.2, 0) is 29.7 Å². The first-order valence-electron chi connectivity index (χ1n) is 11.3. The van der Waals surface area contributed by atoms with Crippen molar-refractivity contribution >= 4 is 27.3 Å². The molecule has 1 amide bonds. The molecule has 1 aliphatic rings. The van der Waals surface area contributed by atoms with Crippen LogP contribution in [-0.4, -0.2) is 57.4 Å². The van der Waals surface area contributed by atoms with Gasteiger partial charge in [-0.05, 0) is 53.9 Å². The Morgan fingerprint density at radius 1 is 0.941 bits per heavy atom. The first-order valence-corrected chi connectivity index (χ1v) is 13.6. The van der Waals surface area contributed by atoms with Gasteiger partial charge in [0.2, 0.25) is 10.0 Å². The molecule has 4 rings (SSSR count). The van der Waals surface area contributed by atoms with Gasteiger partial charge in [0.15, 0.2) is 0 Å². The Balaban J connectivity index is 1.30. The summed E-state index contributed by atoms with van der Waals surface area (Å²) in [6.07, 6.45) is 0. The van der Waals surface area contributed by atoms with Gasteiger partial charge in [0.1, 0.15) is 0 Å². The van der Waals surface area contributed by atoms with Crippen LogP contribution >= 0.6 is 11.3 Å². The molecule has 0 spiro atoms. The molecule has 1 aromatic heterocycles. The van der Waals surface area contributed by atoms with Crippen molar-refractivity contribution in [3.8, 4) is 0 Å². The second kappa shape index (κ2) is 11.2. The minimum Gasteiger partial charge on any atom is -0.348 e. The largest absolute Gasteiger partial charge is 0.348 e. The number of benzene rings is 2. The van der Waals surface area contributed by atoms with Crippen molar-refractivity contribution in [2.24, 2.45) is 0 Å². The fraction of sp³-hybridized carbons (Fsp3) is 0.320. The number of amides is 1. The first kappa shape index (κ1) is 24.6. The van der Waals surface area contributed by atoms with E-state index in [0.717, 1.165) is 43.2 Å². The van der Waals surface area contributed by atoms with E-state index in [1.165, 1.54) is 29.0 Å². The Kier molecular flexibility index (Phi) is 8.12. The van der Waals surface area contributed by atoms with Crippen molar-refractivity contribution in [3.63, 3.8) is 0 Å². The molecule has 2 heterocycles. The van der Waals surface area contributed by atoms with Gasteiger partial charge < -0.3 is 10.2 Å². The summed E-state index contributed by atoms with van der Waals surface area (Å²) in [4.78, 5) is 18.5. The molecular weight excluding hydrogens is 468 g/mol. The monoisotopic (exact) mass is 498 g/mol. The summed E-state index contributed by atoms with van der Waals surface area (Å²) in [5.41, 5.74) is 2.70. The summed E-state index contributed by atoms with van der Waals surface area (Å²) < 4.78 is 27.6. The van der Waals surface area contributed by atoms with Crippen molar-refractivity contribution < 1.29 is 13.2 Å². The Hall–Kier alpha value is -2.56. The molecule has 0 unspecified atom stereocenters. The SMILES string of the molecule is CN1CCN(Cc2cccc(CNC(=O)c3ccc(S(=O)(=O)NCc4cccs4)cc3)c2)CC1. The lowest BCUT2D eigenvalue weighted by Crippen LogP contribution is -2.43. The summed E-state index contributed by atoms with van der Waals surface area (Å²) in [6.45, 7) is 5.86. The van der Waals surface area contributed by atoms with Crippen LogP contribution in [0.5, 0.6) is 0 Å². The van der Waals surface area contributed by atoms with E-state index >= 15 is 0 Å². The highest BCUT2D eigenvalue weighted by Crippen LogP contribution is 2.14. The van der Waals surface area contributed by atoms with Crippen LogP contribution in [0.15, 0.2) is 70.9 Å². The molecule has 2 aromatic carbocycles. The van der Waals surface area contributed by atoms with Crippen molar-refractivity contribution in [2.45, 2.75) is 24.5 Å². The van der Waals surface area contributed by atoms with Gasteiger partial charge in [-0.3, -0.25) is 9.69 Å². The number of carbonyl (C=O) groups is 1. The second-order valence-corrected chi connectivity index (χ2v) is 11.3. The van der Waals surface area contributed by atoms with Crippen LogP contribution in [0.1, 0.15) is 26.4 Å². The molecule has 0 saturated carbocycles. The molecule has 34 heavy (non-hydrogen) atoms. The summed E-state index contributed by atoms with van der Waals surface area (Å²) in [6, 6.07) is 18.0. The van der Waals surface area contributed by atoms with E-state index < -0.39 is 10.0 Å². The molecule has 180 valence electrons. The molecule has 9 heteroatoms. The molecular formula is C25H30N4O3S2. The number of rotatable bonds is 9. The molecule has 0 atom stereocenters. The van der Waals surface area contributed by atoms with E-state index in [1.807, 2.05) is 29.6 Å². The predicted molar refractivity (Wildman–Crippen MR) is 135 cm³/mol. The number of sulfonamides is 1. The number of nitrogens with zero attached hydrogens (tertiary/aromatic N) is 2. The van der Waals surface area contributed by atoms with E-state index in [9.17, 15) is 13.2 Å². The summed E-state index contributed by atoms with van der Waals surface area (Å²) in [7, 11) is -1.49. The van der Waals surface area contributed by atoms with Crippen LogP contribution < -0.4 is 10.0 Å². The highest BCUT2D eigenvalue weighted by Gasteiger charge is 2.16. The van der Waals surface area contributed by atoms with Gasteiger partial charge in [-0.25, -0.2) is 13.1 Å². The van der Waals surface area contributed by atoms with Gasteiger partial charge in [0, 0.05) is 56.3 Å². The normalized spacial score (nSPS) is 15.3. The van der Waals surface area contributed by atoms with Crippen molar-refractivity contribution in [3.05, 3.63) is 87.6 Å². The number of hydrogen-bond acceptors (Lipinski definition) is 6. The van der Waals surface area contributed by atoms with Crippen LogP contribution in [0.25, 0.3) is 0 Å². The van der Waals surface area contributed by atoms with E-state index in [0.29, 0.717) is 12.1 Å². The smallest absolute Gasteiger partial charge is 0.251 e. The lowest BCUT2D eigenvalue weighted by Gasteiger charge is -2.32. The van der Waals surface area contributed by atoms with Gasteiger partial charge in [0.25, 0.3) is 5.91 Å². The summed E-state index contributed by atoms with van der Waals surface area (Å²) in [5, 5.41) is 4.83. The quantitative estimate of drug-likeness (QED) is 0.474. The lowest BCUT2D eigenvalue weighted by molar-refractivity contribution is 0.0950. The number of hydrogen-bond donors (Lipinski definition) is 2. The van der Waals surface area contributed by atoms with Gasteiger partial charge in [-0.2, -0.15) is 0 Å². The van der Waals surface area contributed by atoms with Crippen LogP contribution in [0.2, 0.25) is 0 Å². The van der Waals surface area contributed by atoms with Crippen molar-refractivity contribution in [2.75, 3.05) is 33.2 Å². The first-order chi connectivity index (χ1) is 16.4. The van der Waals surface area contributed by atoms with Gasteiger partial charge in [-0.1, -0.05) is 30.3 Å². The van der Waals surface area contributed by atoms with E-state index in [2.05, 4.69) is 39.0 Å². The molecule has 1 aliphatic heterocycles. The molecule has 0 radical (unpaired) electrons. The molecule has 0 bridgehead atoms. The second-order valence-electron chi connectivity index (χ2n) is 8.51. The number of carbonyl (C=O) groups excluding carboxylic acids is 1. The highest BCUT2D eigenvalue weighted by atomic mass is 32.2. The molecule has 1 saturated heterocycles. The Morgan fingerprint density at radius 2 is 1.68 bits per heavy atom. The minimum atomic E-state index is -3.64. The van der Waals surface area contributed by atoms with E-state index in [1.54, 1.807) is 12.1 Å². The maximum atomic E-state index is 12.6. The van der Waals surface area contributed by atoms with E-state index in [-0.39, 0.29) is 17.3 Å². The fourth-order valence-electron chi connectivity index (χ4n) is 3.83. The molecule has 1 fully saturated rings. The Labute approximate surface area is 205 Å². The number of piperazine rings is 1. The third-order valence-corrected chi connectivity index (χ3v) is 8.18. The van der Waals surface area contributed by atoms with Crippen LogP contribution in [0, 0.1) is 0 Å². The highest BCUT2D eigenvalue weighted by molar-refractivity contribution is 7.89. The maximum Gasteiger partial charge on any atom is 0.251 e. The zero-order chi connectivity index (χ0) is 24.0. The fourth-order valence-corrected chi connectivity index (χ4v) is 5.58. The van der Waals surface area contributed by atoms with E-state index in [4.69, 9.17) is 0 Å². The topological polar surface area (TPSA) is 81.8 Å². The number of likely N-dealkylation sites (N-methyl/N-ethyl adjacent to an activating group) is 1. The Bertz CT molecular complexity index is 1190.